The van der Waals surface area contributed by atoms with Gasteiger partial charge in [-0.1, -0.05) is 30.3 Å². The zero-order valence-corrected chi connectivity index (χ0v) is 25.5. The summed E-state index contributed by atoms with van der Waals surface area (Å²) in [6, 6.07) is 10.6. The number of hydrogen-bond donors (Lipinski definition) is 4. The molecule has 0 spiro atoms. The van der Waals surface area contributed by atoms with E-state index in [4.69, 9.17) is 11.1 Å². The maximum atomic E-state index is 15.0. The minimum absolute atomic E-state index is 0.0616. The molecule has 236 valence electrons. The molecule has 2 aromatic carbocycles. The van der Waals surface area contributed by atoms with E-state index in [9.17, 15) is 23.2 Å². The predicted molar refractivity (Wildman–Crippen MR) is 165 cm³/mol. The molecule has 11 nitrogen and oxygen atoms in total. The summed E-state index contributed by atoms with van der Waals surface area (Å²) in [6.07, 6.45) is 4.12. The lowest BCUT2D eigenvalue weighted by molar-refractivity contribution is -0.139. The quantitative estimate of drug-likeness (QED) is 0.162. The Kier molecular flexibility index (Phi) is 6.99. The highest BCUT2D eigenvalue weighted by atomic mass is 32.1. The molecule has 0 radical (unpaired) electrons. The number of halogens is 2. The van der Waals surface area contributed by atoms with Gasteiger partial charge in [0, 0.05) is 44.0 Å². The number of carbonyl (C=O) groups is 3. The van der Waals surface area contributed by atoms with Crippen LogP contribution in [0.2, 0.25) is 0 Å². The molecule has 2 aromatic heterocycles. The van der Waals surface area contributed by atoms with Crippen molar-refractivity contribution >= 4 is 34.9 Å². The van der Waals surface area contributed by atoms with Crippen molar-refractivity contribution < 1.29 is 23.2 Å². The van der Waals surface area contributed by atoms with Crippen LogP contribution in [0.15, 0.2) is 66.6 Å². The number of fused-ring (bicyclic) bond motifs is 4. The molecule has 14 heteroatoms. The minimum Gasteiger partial charge on any atom is -0.384 e. The van der Waals surface area contributed by atoms with Gasteiger partial charge in [-0.3, -0.25) is 24.5 Å². The first-order valence-electron chi connectivity index (χ1n) is 14.8. The summed E-state index contributed by atoms with van der Waals surface area (Å²) in [5, 5.41) is 19.3. The first-order valence-corrected chi connectivity index (χ1v) is 15.6. The number of amides is 3. The number of carbonyl (C=O) groups excluding carboxylic acids is 3. The Bertz CT molecular complexity index is 1890. The second-order valence-corrected chi connectivity index (χ2v) is 13.1. The van der Waals surface area contributed by atoms with Crippen LogP contribution >= 0.6 is 11.3 Å². The monoisotopic (exact) mass is 644 g/mol. The van der Waals surface area contributed by atoms with Crippen LogP contribution in [-0.4, -0.2) is 61.8 Å². The van der Waals surface area contributed by atoms with Crippen molar-refractivity contribution in [1.29, 1.82) is 5.41 Å². The molecule has 46 heavy (non-hydrogen) atoms. The largest absolute Gasteiger partial charge is 0.384 e. The van der Waals surface area contributed by atoms with E-state index in [0.717, 1.165) is 4.88 Å². The number of nitrogen functional groups attached to an aromatic ring is 1. The molecule has 4 aromatic rings. The number of nitrogens with two attached hydrogens (primary N) is 1. The Hall–Kier alpha value is -4.98. The molecule has 2 aliphatic carbocycles. The number of nitrogens with zero attached hydrogens (tertiary/aromatic N) is 4. The summed E-state index contributed by atoms with van der Waals surface area (Å²) < 4.78 is 31.7. The molecule has 1 unspecified atom stereocenters. The first kappa shape index (κ1) is 29.7. The summed E-state index contributed by atoms with van der Waals surface area (Å²) >= 11 is 1.38. The van der Waals surface area contributed by atoms with Crippen LogP contribution in [0.5, 0.6) is 0 Å². The van der Waals surface area contributed by atoms with Crippen LogP contribution in [0.1, 0.15) is 57.7 Å². The van der Waals surface area contributed by atoms with E-state index in [1.165, 1.54) is 41.9 Å². The number of amidine groups is 1. The van der Waals surface area contributed by atoms with E-state index in [-0.39, 0.29) is 58.0 Å². The van der Waals surface area contributed by atoms with Gasteiger partial charge >= 0.3 is 0 Å². The molecule has 3 heterocycles. The fourth-order valence-electron chi connectivity index (χ4n) is 6.85. The maximum Gasteiger partial charge on any atom is 0.299 e. The average Bonchev–Trinajstić information content (AvgIpc) is 3.54. The van der Waals surface area contributed by atoms with Crippen LogP contribution in [-0.2, 0) is 22.1 Å². The lowest BCUT2D eigenvalue weighted by Gasteiger charge is -2.28. The van der Waals surface area contributed by atoms with Gasteiger partial charge in [0.15, 0.2) is 0 Å². The summed E-state index contributed by atoms with van der Waals surface area (Å²) in [4.78, 5) is 46.9. The number of hydrogen-bond acceptors (Lipinski definition) is 7. The molecule has 4 atom stereocenters. The number of alkyl halides is 2. The van der Waals surface area contributed by atoms with Crippen molar-refractivity contribution in [3.8, 4) is 11.1 Å². The fourth-order valence-corrected chi connectivity index (χ4v) is 7.76. The Labute approximate surface area is 266 Å². The van der Waals surface area contributed by atoms with E-state index in [1.807, 2.05) is 6.92 Å². The Balaban J connectivity index is 1.07. The number of rotatable bonds is 9. The van der Waals surface area contributed by atoms with E-state index >= 15 is 0 Å². The molecule has 0 bridgehead atoms. The molecule has 7 rings (SSSR count). The van der Waals surface area contributed by atoms with E-state index in [0.29, 0.717) is 30.5 Å². The van der Waals surface area contributed by atoms with Gasteiger partial charge in [-0.05, 0) is 49.1 Å². The highest BCUT2D eigenvalue weighted by molar-refractivity contribution is 7.10. The van der Waals surface area contributed by atoms with Gasteiger partial charge in [0.2, 0.25) is 11.8 Å². The first-order chi connectivity index (χ1) is 22.0. The fraction of sp³-hybridized carbons (Fsp3) is 0.312. The third-order valence-electron chi connectivity index (χ3n) is 9.24. The molecule has 1 saturated carbocycles. The average molecular weight is 645 g/mol. The molecule has 3 aliphatic rings. The minimum atomic E-state index is -3.16. The SMILES string of the molecule is CC(NC(=O)[C@@H]1C[C@]2(Cn3cncn3)C[C@@H]2N1C(=O)CNC(=O)c1ccc2c(c1)-c1ccccc1C2(F)F)c1cc(C(=N)N)cs1. The van der Waals surface area contributed by atoms with Crippen LogP contribution in [0.4, 0.5) is 8.78 Å². The summed E-state index contributed by atoms with van der Waals surface area (Å²) in [5.74, 6) is -4.55. The van der Waals surface area contributed by atoms with Crippen molar-refractivity contribution in [2.45, 2.75) is 50.4 Å². The zero-order valence-electron chi connectivity index (χ0n) is 24.7. The number of thiophene rings is 1. The Morgan fingerprint density at radius 2 is 1.89 bits per heavy atom. The molecule has 1 saturated heterocycles. The normalized spacial score (nSPS) is 22.4. The van der Waals surface area contributed by atoms with Gasteiger partial charge in [-0.25, -0.2) is 4.98 Å². The second-order valence-electron chi connectivity index (χ2n) is 12.1. The van der Waals surface area contributed by atoms with Gasteiger partial charge < -0.3 is 21.3 Å². The van der Waals surface area contributed by atoms with E-state index in [1.54, 1.807) is 45.6 Å². The van der Waals surface area contributed by atoms with Gasteiger partial charge in [0.1, 0.15) is 24.5 Å². The Morgan fingerprint density at radius 3 is 2.63 bits per heavy atom. The van der Waals surface area contributed by atoms with Gasteiger partial charge in [0.05, 0.1) is 19.1 Å². The van der Waals surface area contributed by atoms with Crippen molar-refractivity contribution in [2.75, 3.05) is 6.54 Å². The van der Waals surface area contributed by atoms with Crippen LogP contribution in [0.3, 0.4) is 0 Å². The Morgan fingerprint density at radius 1 is 1.11 bits per heavy atom. The number of benzene rings is 2. The number of piperidine rings is 1. The number of aromatic nitrogens is 3. The third kappa shape index (κ3) is 4.92. The smallest absolute Gasteiger partial charge is 0.299 e. The van der Waals surface area contributed by atoms with Gasteiger partial charge in [0.25, 0.3) is 11.8 Å². The summed E-state index contributed by atoms with van der Waals surface area (Å²) in [7, 11) is 0. The van der Waals surface area contributed by atoms with Crippen LogP contribution < -0.4 is 16.4 Å². The molecule has 3 amide bonds. The van der Waals surface area contributed by atoms with Crippen LogP contribution in [0, 0.1) is 10.8 Å². The summed E-state index contributed by atoms with van der Waals surface area (Å²) in [6.45, 7) is 1.94. The van der Waals surface area contributed by atoms with Crippen molar-refractivity contribution in [1.82, 2.24) is 30.3 Å². The van der Waals surface area contributed by atoms with Gasteiger partial charge in [-0.2, -0.15) is 13.9 Å². The third-order valence-corrected chi connectivity index (χ3v) is 10.4. The number of likely N-dealkylation sites (tertiary alicyclic amines) is 1. The molecular weight excluding hydrogens is 614 g/mol. The van der Waals surface area contributed by atoms with E-state index in [2.05, 4.69) is 20.7 Å². The topological polar surface area (TPSA) is 159 Å². The highest BCUT2D eigenvalue weighted by Gasteiger charge is 2.67. The number of nitrogens with one attached hydrogen (secondary N) is 3. The lowest BCUT2D eigenvalue weighted by atomic mass is 9.99. The molecular formula is C32H30F2N8O3S. The van der Waals surface area contributed by atoms with Crippen molar-refractivity contribution in [3.05, 3.63) is 93.7 Å². The van der Waals surface area contributed by atoms with Crippen molar-refractivity contribution in [3.63, 3.8) is 0 Å². The maximum absolute atomic E-state index is 15.0. The molecule has 5 N–H and O–H groups in total. The lowest BCUT2D eigenvalue weighted by Crippen LogP contribution is -2.51. The second kappa shape index (κ2) is 10.8. The zero-order chi connectivity index (χ0) is 32.4. The van der Waals surface area contributed by atoms with E-state index < -0.39 is 23.8 Å². The standard InChI is InChI=1S/C32H30F2N8O3S/c1-17(25-9-19(13-46-25)28(35)36)40-30(45)24-10-31(14-41-16-37-15-39-41)11-26(31)42(24)27(43)12-38-29(44)18-6-7-23-21(8-18)20-4-2-3-5-22(20)32(23,33)34/h2-9,13,15-17,24,26H,10-12,14H2,1H3,(H3,35,36)(H,38,44)(H,40,45)/t17?,24-,26-,31+/m0/s1. The van der Waals surface area contributed by atoms with Gasteiger partial charge in [-0.15, -0.1) is 11.3 Å². The van der Waals surface area contributed by atoms with Crippen molar-refractivity contribution in [2.24, 2.45) is 11.1 Å². The van der Waals surface area contributed by atoms with Crippen LogP contribution in [0.25, 0.3) is 11.1 Å². The molecule has 1 aliphatic heterocycles. The molecule has 2 fully saturated rings. The summed E-state index contributed by atoms with van der Waals surface area (Å²) in [5.41, 5.74) is 6.33. The highest BCUT2D eigenvalue weighted by Crippen LogP contribution is 2.60. The predicted octanol–water partition coefficient (Wildman–Crippen LogP) is 3.41.